The van der Waals surface area contributed by atoms with Crippen molar-refractivity contribution in [3.8, 4) is 11.5 Å². The van der Waals surface area contributed by atoms with Crippen LogP contribution in [0.1, 0.15) is 29.3 Å². The number of non-ortho nitro benzene ring substituents is 1. The molecule has 0 aromatic heterocycles. The van der Waals surface area contributed by atoms with Gasteiger partial charge in [-0.1, -0.05) is 13.0 Å². The Hall–Kier alpha value is -3.33. The smallest absolute Gasteiger partial charge is 0.270 e. The van der Waals surface area contributed by atoms with E-state index >= 15 is 0 Å². The van der Waals surface area contributed by atoms with E-state index in [4.69, 9.17) is 9.47 Å². The standard InChI is InChI=1S/C20H25N3O6/c1-4-14(12-24)22-17-7-6-15(23(26)27)10-16(17)20(25)21-11-13-5-8-18(28-2)19(9-13)29-3/h5-10,14,22,24H,4,11-12H2,1-3H3,(H,21,25). The predicted octanol–water partition coefficient (Wildman–Crippen LogP) is 2.72. The van der Waals surface area contributed by atoms with Crippen LogP contribution in [0.2, 0.25) is 0 Å². The summed E-state index contributed by atoms with van der Waals surface area (Å²) in [5, 5.41) is 26.3. The van der Waals surface area contributed by atoms with Crippen molar-refractivity contribution in [2.24, 2.45) is 0 Å². The number of nitrogens with one attached hydrogen (secondary N) is 2. The number of hydrogen-bond acceptors (Lipinski definition) is 7. The zero-order chi connectivity index (χ0) is 21.4. The maximum Gasteiger partial charge on any atom is 0.270 e. The minimum atomic E-state index is -0.557. The largest absolute Gasteiger partial charge is 0.493 e. The number of methoxy groups -OCH3 is 2. The van der Waals surface area contributed by atoms with Gasteiger partial charge in [-0.2, -0.15) is 0 Å². The first-order valence-corrected chi connectivity index (χ1v) is 9.08. The van der Waals surface area contributed by atoms with Crippen LogP contribution in [0.3, 0.4) is 0 Å². The maximum atomic E-state index is 12.8. The van der Waals surface area contributed by atoms with E-state index in [1.54, 1.807) is 18.2 Å². The van der Waals surface area contributed by atoms with E-state index in [-0.39, 0.29) is 30.4 Å². The molecule has 2 aromatic rings. The van der Waals surface area contributed by atoms with Gasteiger partial charge in [-0.15, -0.1) is 0 Å². The number of carbonyl (C=O) groups excluding carboxylic acids is 1. The third kappa shape index (κ3) is 5.58. The Morgan fingerprint density at radius 2 is 1.90 bits per heavy atom. The van der Waals surface area contributed by atoms with E-state index in [1.165, 1.54) is 32.4 Å². The normalized spacial score (nSPS) is 11.4. The van der Waals surface area contributed by atoms with Crippen molar-refractivity contribution >= 4 is 17.3 Å². The molecule has 156 valence electrons. The highest BCUT2D eigenvalue weighted by Gasteiger charge is 2.18. The van der Waals surface area contributed by atoms with E-state index in [2.05, 4.69) is 10.6 Å². The first-order valence-electron chi connectivity index (χ1n) is 9.08. The van der Waals surface area contributed by atoms with Crippen molar-refractivity contribution < 1.29 is 24.3 Å². The summed E-state index contributed by atoms with van der Waals surface area (Å²) in [5.41, 5.74) is 1.13. The molecule has 0 fully saturated rings. The van der Waals surface area contributed by atoms with Crippen LogP contribution in [0, 0.1) is 10.1 Å². The summed E-state index contributed by atoms with van der Waals surface area (Å²) < 4.78 is 10.4. The summed E-state index contributed by atoms with van der Waals surface area (Å²) in [4.78, 5) is 23.3. The maximum absolute atomic E-state index is 12.8. The molecule has 0 aliphatic rings. The number of hydrogen-bond donors (Lipinski definition) is 3. The van der Waals surface area contributed by atoms with Gasteiger partial charge in [0.1, 0.15) is 0 Å². The molecule has 2 aromatic carbocycles. The van der Waals surface area contributed by atoms with Crippen molar-refractivity contribution in [3.63, 3.8) is 0 Å². The summed E-state index contributed by atoms with van der Waals surface area (Å²) in [7, 11) is 3.05. The summed E-state index contributed by atoms with van der Waals surface area (Å²) in [6, 6.07) is 9.00. The summed E-state index contributed by atoms with van der Waals surface area (Å²) in [6.07, 6.45) is 0.625. The van der Waals surface area contributed by atoms with Gasteiger partial charge in [0.15, 0.2) is 11.5 Å². The molecule has 0 spiro atoms. The van der Waals surface area contributed by atoms with E-state index in [0.717, 1.165) is 5.56 Å². The third-order valence-corrected chi connectivity index (χ3v) is 4.43. The molecule has 0 bridgehead atoms. The number of amides is 1. The minimum absolute atomic E-state index is 0.125. The minimum Gasteiger partial charge on any atom is -0.493 e. The molecule has 2 rings (SSSR count). The molecule has 0 aliphatic carbocycles. The van der Waals surface area contributed by atoms with Crippen molar-refractivity contribution in [3.05, 3.63) is 57.6 Å². The lowest BCUT2D eigenvalue weighted by Crippen LogP contribution is -2.27. The summed E-state index contributed by atoms with van der Waals surface area (Å²) in [5.74, 6) is 0.631. The molecule has 0 saturated heterocycles. The Bertz CT molecular complexity index is 867. The highest BCUT2D eigenvalue weighted by atomic mass is 16.6. The lowest BCUT2D eigenvalue weighted by Gasteiger charge is -2.18. The third-order valence-electron chi connectivity index (χ3n) is 4.43. The van der Waals surface area contributed by atoms with Crippen molar-refractivity contribution in [1.29, 1.82) is 0 Å². The van der Waals surface area contributed by atoms with Gasteiger partial charge in [0, 0.05) is 30.4 Å². The highest BCUT2D eigenvalue weighted by Crippen LogP contribution is 2.28. The Balaban J connectivity index is 2.23. The molecule has 0 aliphatic heterocycles. The number of ether oxygens (including phenoxy) is 2. The number of anilines is 1. The number of benzene rings is 2. The Morgan fingerprint density at radius 1 is 1.17 bits per heavy atom. The van der Waals surface area contributed by atoms with Crippen LogP contribution >= 0.6 is 0 Å². The van der Waals surface area contributed by atoms with Crippen LogP contribution in [0.25, 0.3) is 0 Å². The number of nitrogens with zero attached hydrogens (tertiary/aromatic N) is 1. The molecular formula is C20H25N3O6. The van der Waals surface area contributed by atoms with E-state index in [0.29, 0.717) is 23.6 Å². The van der Waals surface area contributed by atoms with Gasteiger partial charge in [0.2, 0.25) is 0 Å². The molecule has 1 atom stereocenters. The second-order valence-corrected chi connectivity index (χ2v) is 6.29. The Labute approximate surface area is 168 Å². The SMILES string of the molecule is CCC(CO)Nc1ccc([N+](=O)[O-])cc1C(=O)NCc1ccc(OC)c(OC)c1. The predicted molar refractivity (Wildman–Crippen MR) is 109 cm³/mol. The van der Waals surface area contributed by atoms with Crippen LogP contribution in [0.5, 0.6) is 11.5 Å². The molecule has 3 N–H and O–H groups in total. The van der Waals surface area contributed by atoms with E-state index < -0.39 is 10.8 Å². The van der Waals surface area contributed by atoms with E-state index in [9.17, 15) is 20.0 Å². The number of nitro groups is 1. The van der Waals surface area contributed by atoms with Crippen molar-refractivity contribution in [2.75, 3.05) is 26.1 Å². The Morgan fingerprint density at radius 3 is 2.48 bits per heavy atom. The first kappa shape index (κ1) is 22.0. The van der Waals surface area contributed by atoms with Gasteiger partial charge in [0.25, 0.3) is 11.6 Å². The van der Waals surface area contributed by atoms with Crippen LogP contribution < -0.4 is 20.1 Å². The van der Waals surface area contributed by atoms with Gasteiger partial charge >= 0.3 is 0 Å². The van der Waals surface area contributed by atoms with Gasteiger partial charge in [-0.05, 0) is 30.2 Å². The number of carbonyl (C=O) groups is 1. The fraction of sp³-hybridized carbons (Fsp3) is 0.350. The van der Waals surface area contributed by atoms with Crippen LogP contribution in [-0.4, -0.2) is 42.8 Å². The molecule has 0 heterocycles. The Kier molecular flexibility index (Phi) is 7.79. The van der Waals surface area contributed by atoms with Crippen LogP contribution in [-0.2, 0) is 6.54 Å². The van der Waals surface area contributed by atoms with Crippen LogP contribution in [0.15, 0.2) is 36.4 Å². The van der Waals surface area contributed by atoms with Gasteiger partial charge < -0.3 is 25.2 Å². The number of aliphatic hydroxyl groups excluding tert-OH is 1. The van der Waals surface area contributed by atoms with Crippen LogP contribution in [0.4, 0.5) is 11.4 Å². The zero-order valence-electron chi connectivity index (χ0n) is 16.6. The monoisotopic (exact) mass is 403 g/mol. The first-order chi connectivity index (χ1) is 13.9. The molecule has 29 heavy (non-hydrogen) atoms. The van der Waals surface area contributed by atoms with E-state index in [1.807, 2.05) is 6.92 Å². The molecule has 1 unspecified atom stereocenters. The lowest BCUT2D eigenvalue weighted by atomic mass is 10.1. The van der Waals surface area contributed by atoms with Gasteiger partial charge in [-0.3, -0.25) is 14.9 Å². The quantitative estimate of drug-likeness (QED) is 0.412. The topological polar surface area (TPSA) is 123 Å². The molecule has 1 amide bonds. The van der Waals surface area contributed by atoms with Crippen molar-refractivity contribution in [1.82, 2.24) is 5.32 Å². The second-order valence-electron chi connectivity index (χ2n) is 6.29. The molecule has 9 heteroatoms. The number of aliphatic hydroxyl groups is 1. The average Bonchev–Trinajstić information content (AvgIpc) is 2.75. The fourth-order valence-corrected chi connectivity index (χ4v) is 2.72. The zero-order valence-corrected chi connectivity index (χ0v) is 16.6. The molecule has 9 nitrogen and oxygen atoms in total. The molecule has 0 saturated carbocycles. The van der Waals surface area contributed by atoms with Gasteiger partial charge in [0.05, 0.1) is 31.3 Å². The summed E-state index contributed by atoms with van der Waals surface area (Å²) in [6.45, 7) is 1.95. The fourth-order valence-electron chi connectivity index (χ4n) is 2.72. The van der Waals surface area contributed by atoms with Crippen molar-refractivity contribution in [2.45, 2.75) is 25.9 Å². The molecular weight excluding hydrogens is 378 g/mol. The number of rotatable bonds is 10. The summed E-state index contributed by atoms with van der Waals surface area (Å²) >= 11 is 0. The highest BCUT2D eigenvalue weighted by molar-refractivity contribution is 6.00. The second kappa shape index (κ2) is 10.3. The molecule has 0 radical (unpaired) electrons. The average molecular weight is 403 g/mol. The number of nitro benzene ring substituents is 1. The van der Waals surface area contributed by atoms with Gasteiger partial charge in [-0.25, -0.2) is 0 Å². The lowest BCUT2D eigenvalue weighted by molar-refractivity contribution is -0.384.